The Kier molecular flexibility index (Phi) is 4.43. The Morgan fingerprint density at radius 1 is 1.32 bits per heavy atom. The Balaban J connectivity index is 2.45. The lowest BCUT2D eigenvalue weighted by molar-refractivity contribution is -0.152. The molecule has 0 aromatic heterocycles. The summed E-state index contributed by atoms with van der Waals surface area (Å²) in [7, 11) is 1.19. The first-order chi connectivity index (χ1) is 10.5. The largest absolute Gasteiger partial charge is 0.465 e. The van der Waals surface area contributed by atoms with Gasteiger partial charge in [0, 0.05) is 0 Å². The molecule has 0 spiro atoms. The molecule has 1 saturated carbocycles. The number of methoxy groups -OCH3 is 1. The third kappa shape index (κ3) is 2.31. The monoisotopic (exact) mass is 304 g/mol. The van der Waals surface area contributed by atoms with Crippen molar-refractivity contribution in [2.75, 3.05) is 13.7 Å². The molecule has 0 aliphatic heterocycles. The topological polar surface area (TPSA) is 86.7 Å². The highest BCUT2D eigenvalue weighted by Gasteiger charge is 2.52. The number of fused-ring (bicyclic) bond motifs is 1. The van der Waals surface area contributed by atoms with Crippen LogP contribution in [0.5, 0.6) is 0 Å². The quantitative estimate of drug-likeness (QED) is 0.435. The van der Waals surface area contributed by atoms with Crippen LogP contribution in [0.4, 0.5) is 0 Å². The summed E-state index contributed by atoms with van der Waals surface area (Å²) >= 11 is 0. The third-order valence-electron chi connectivity index (χ3n) is 4.03. The highest BCUT2D eigenvalue weighted by Crippen LogP contribution is 2.45. The number of rotatable bonds is 3. The van der Waals surface area contributed by atoms with Gasteiger partial charge in [-0.3, -0.25) is 9.59 Å². The Labute approximate surface area is 127 Å². The second-order valence-corrected chi connectivity index (χ2v) is 5.11. The number of allylic oxidation sites excluding steroid dienone is 3. The first-order valence-electron chi connectivity index (χ1n) is 6.93. The number of esters is 2. The normalized spacial score (nSPS) is 26.6. The van der Waals surface area contributed by atoms with Gasteiger partial charge in [0.15, 0.2) is 5.78 Å². The van der Waals surface area contributed by atoms with Gasteiger partial charge in [0.05, 0.1) is 30.8 Å². The molecule has 6 heteroatoms. The van der Waals surface area contributed by atoms with Gasteiger partial charge in [-0.25, -0.2) is 9.59 Å². The van der Waals surface area contributed by atoms with Crippen LogP contribution in [0.25, 0.3) is 0 Å². The van der Waals surface area contributed by atoms with Gasteiger partial charge in [-0.15, -0.1) is 0 Å². The highest BCUT2D eigenvalue weighted by atomic mass is 16.5. The number of carbonyl (C=O) groups is 3. The molecule has 0 amide bonds. The second kappa shape index (κ2) is 6.12. The molecule has 0 aromatic rings. The van der Waals surface area contributed by atoms with E-state index in [1.165, 1.54) is 13.2 Å². The summed E-state index contributed by atoms with van der Waals surface area (Å²) in [6.07, 6.45) is 3.02. The summed E-state index contributed by atoms with van der Waals surface area (Å²) in [5.74, 6) is -2.39. The van der Waals surface area contributed by atoms with Crippen LogP contribution in [0.15, 0.2) is 28.9 Å². The van der Waals surface area contributed by atoms with E-state index in [4.69, 9.17) is 4.74 Å². The van der Waals surface area contributed by atoms with Crippen LogP contribution in [0.1, 0.15) is 13.8 Å². The maximum absolute atomic E-state index is 12.6. The summed E-state index contributed by atoms with van der Waals surface area (Å²) in [6, 6.07) is 0. The van der Waals surface area contributed by atoms with E-state index in [0.717, 1.165) is 0 Å². The maximum atomic E-state index is 12.6. The van der Waals surface area contributed by atoms with E-state index in [-0.39, 0.29) is 17.8 Å². The van der Waals surface area contributed by atoms with E-state index in [1.807, 2.05) is 0 Å². The van der Waals surface area contributed by atoms with Crippen LogP contribution >= 0.6 is 0 Å². The Bertz CT molecular complexity index is 648. The summed E-state index contributed by atoms with van der Waals surface area (Å²) in [5, 5.41) is 0. The average Bonchev–Trinajstić information content (AvgIpc) is 2.77. The zero-order valence-electron chi connectivity index (χ0n) is 12.5. The lowest BCUT2D eigenvalue weighted by Gasteiger charge is -2.19. The molecule has 116 valence electrons. The molecule has 2 rings (SSSR count). The predicted molar refractivity (Wildman–Crippen MR) is 75.2 cm³/mol. The molecule has 1 fully saturated rings. The SMILES string of the molecule is CCOC(=O)C1C(=O)C2C(=C=O)C(C(=O)OC)=CC=C2C1C. The van der Waals surface area contributed by atoms with E-state index >= 15 is 0 Å². The van der Waals surface area contributed by atoms with Gasteiger partial charge in [0.1, 0.15) is 11.9 Å². The van der Waals surface area contributed by atoms with Gasteiger partial charge < -0.3 is 9.47 Å². The molecule has 0 saturated heterocycles. The van der Waals surface area contributed by atoms with E-state index in [2.05, 4.69) is 4.74 Å². The number of hydrogen-bond donors (Lipinski definition) is 0. The first kappa shape index (κ1) is 15.9. The minimum Gasteiger partial charge on any atom is -0.465 e. The Morgan fingerprint density at radius 2 is 2.00 bits per heavy atom. The predicted octanol–water partition coefficient (Wildman–Crippen LogP) is 0.798. The van der Waals surface area contributed by atoms with Crippen molar-refractivity contribution in [2.45, 2.75) is 13.8 Å². The van der Waals surface area contributed by atoms with Crippen molar-refractivity contribution < 1.29 is 28.7 Å². The van der Waals surface area contributed by atoms with E-state index in [0.29, 0.717) is 5.57 Å². The molecule has 3 atom stereocenters. The van der Waals surface area contributed by atoms with Crippen LogP contribution in [0.2, 0.25) is 0 Å². The lowest BCUT2D eigenvalue weighted by atomic mass is 9.83. The number of Topliss-reactive ketones (excluding diaryl/α,β-unsaturated/α-hetero) is 1. The molecule has 0 N–H and O–H groups in total. The molecular formula is C16H16O6. The summed E-state index contributed by atoms with van der Waals surface area (Å²) in [6.45, 7) is 3.55. The summed E-state index contributed by atoms with van der Waals surface area (Å²) in [4.78, 5) is 47.6. The van der Waals surface area contributed by atoms with Crippen LogP contribution in [-0.2, 0) is 28.7 Å². The van der Waals surface area contributed by atoms with Crippen molar-refractivity contribution in [3.63, 3.8) is 0 Å². The van der Waals surface area contributed by atoms with Crippen molar-refractivity contribution in [1.82, 2.24) is 0 Å². The van der Waals surface area contributed by atoms with Gasteiger partial charge in [-0.1, -0.05) is 18.6 Å². The van der Waals surface area contributed by atoms with Crippen molar-refractivity contribution in [2.24, 2.45) is 17.8 Å². The molecular weight excluding hydrogens is 288 g/mol. The van der Waals surface area contributed by atoms with Gasteiger partial charge in [-0.05, 0) is 18.9 Å². The fourth-order valence-corrected chi connectivity index (χ4v) is 2.98. The zero-order valence-corrected chi connectivity index (χ0v) is 12.5. The van der Waals surface area contributed by atoms with Gasteiger partial charge >= 0.3 is 11.9 Å². The fourth-order valence-electron chi connectivity index (χ4n) is 2.98. The molecule has 6 nitrogen and oxygen atoms in total. The molecule has 2 aliphatic carbocycles. The number of ketones is 1. The van der Waals surface area contributed by atoms with Crippen LogP contribution in [-0.4, -0.2) is 37.4 Å². The van der Waals surface area contributed by atoms with Crippen molar-refractivity contribution in [3.8, 4) is 0 Å². The number of hydrogen-bond acceptors (Lipinski definition) is 6. The molecule has 0 bridgehead atoms. The molecule has 3 unspecified atom stereocenters. The molecule has 0 radical (unpaired) electrons. The smallest absolute Gasteiger partial charge is 0.338 e. The summed E-state index contributed by atoms with van der Waals surface area (Å²) < 4.78 is 9.54. The number of carbonyl (C=O) groups excluding carboxylic acids is 4. The highest BCUT2D eigenvalue weighted by molar-refractivity contribution is 6.10. The van der Waals surface area contributed by atoms with Gasteiger partial charge in [0.2, 0.25) is 0 Å². The van der Waals surface area contributed by atoms with Crippen molar-refractivity contribution in [1.29, 1.82) is 0 Å². The fraction of sp³-hybridized carbons (Fsp3) is 0.438. The molecule has 0 heterocycles. The lowest BCUT2D eigenvalue weighted by Crippen LogP contribution is -2.28. The maximum Gasteiger partial charge on any atom is 0.338 e. The first-order valence-corrected chi connectivity index (χ1v) is 6.93. The van der Waals surface area contributed by atoms with Crippen molar-refractivity contribution in [3.05, 3.63) is 28.9 Å². The minimum atomic E-state index is -0.968. The average molecular weight is 304 g/mol. The van der Waals surface area contributed by atoms with Gasteiger partial charge in [-0.2, -0.15) is 0 Å². The van der Waals surface area contributed by atoms with Crippen LogP contribution in [0.3, 0.4) is 0 Å². The van der Waals surface area contributed by atoms with E-state index in [1.54, 1.807) is 25.9 Å². The standard InChI is InChI=1S/C16H16O6/c1-4-22-16(20)12-8(2)9-5-6-10(15(19)21-3)11(7-17)13(9)14(12)18/h5-6,8,12-13H,4H2,1-3H3. The van der Waals surface area contributed by atoms with Crippen LogP contribution in [0, 0.1) is 17.8 Å². The Morgan fingerprint density at radius 3 is 2.55 bits per heavy atom. The second-order valence-electron chi connectivity index (χ2n) is 5.11. The van der Waals surface area contributed by atoms with E-state index < -0.39 is 35.5 Å². The zero-order chi connectivity index (χ0) is 16.4. The third-order valence-corrected chi connectivity index (χ3v) is 4.03. The van der Waals surface area contributed by atoms with E-state index in [9.17, 15) is 19.2 Å². The van der Waals surface area contributed by atoms with Crippen molar-refractivity contribution >= 4 is 23.7 Å². The number of ether oxygens (including phenoxy) is 2. The Hall–Kier alpha value is -2.46. The summed E-state index contributed by atoms with van der Waals surface area (Å²) in [5.41, 5.74) is 0.540. The molecule has 22 heavy (non-hydrogen) atoms. The molecule has 2 aliphatic rings. The van der Waals surface area contributed by atoms with Crippen LogP contribution < -0.4 is 0 Å². The minimum absolute atomic E-state index is 0.00342. The molecule has 0 aromatic carbocycles. The van der Waals surface area contributed by atoms with Gasteiger partial charge in [0.25, 0.3) is 0 Å².